The average Bonchev–Trinajstić information content (AvgIpc) is 2.94. The fraction of sp³-hybridized carbons (Fsp3) is 0.167. The number of hydrogen-bond donors (Lipinski definition) is 2. The molecule has 0 saturated heterocycles. The summed E-state index contributed by atoms with van der Waals surface area (Å²) in [6.07, 6.45) is 3.27. The number of nitrogens with zero attached hydrogens (tertiary/aromatic N) is 3. The minimum absolute atomic E-state index is 0.284. The van der Waals surface area contributed by atoms with E-state index in [4.69, 9.17) is 0 Å². The molecule has 96 valence electrons. The third kappa shape index (κ3) is 2.08. The Bertz CT molecular complexity index is 741. The second-order valence-corrected chi connectivity index (χ2v) is 5.31. The third-order valence-corrected chi connectivity index (χ3v) is 3.82. The highest BCUT2D eigenvalue weighted by Crippen LogP contribution is 2.22. The number of fused-ring (bicyclic) bond motifs is 1. The van der Waals surface area contributed by atoms with Gasteiger partial charge in [-0.25, -0.2) is 4.98 Å². The monoisotopic (exact) mass is 273 g/mol. The molecule has 3 rings (SSSR count). The van der Waals surface area contributed by atoms with Crippen LogP contribution in [0, 0.1) is 13.8 Å². The molecule has 6 nitrogen and oxygen atoms in total. The fourth-order valence-corrected chi connectivity index (χ4v) is 2.52. The molecule has 7 heteroatoms. The van der Waals surface area contributed by atoms with Gasteiger partial charge >= 0.3 is 0 Å². The normalized spacial score (nSPS) is 10.8. The molecule has 0 spiro atoms. The maximum Gasteiger partial charge on any atom is 0.278 e. The zero-order valence-corrected chi connectivity index (χ0v) is 11.2. The summed E-state index contributed by atoms with van der Waals surface area (Å²) in [7, 11) is 0. The van der Waals surface area contributed by atoms with E-state index in [2.05, 4.69) is 25.5 Å². The SMILES string of the molecule is Cc1nc(NC(=O)c2n[nH]c3ccncc23)sc1C. The van der Waals surface area contributed by atoms with Gasteiger partial charge in [0.15, 0.2) is 10.8 Å². The van der Waals surface area contributed by atoms with Crippen LogP contribution in [-0.2, 0) is 0 Å². The number of hydrogen-bond acceptors (Lipinski definition) is 5. The van der Waals surface area contributed by atoms with Gasteiger partial charge in [-0.1, -0.05) is 0 Å². The van der Waals surface area contributed by atoms with Crippen LogP contribution in [0.5, 0.6) is 0 Å². The number of aromatic nitrogens is 4. The van der Waals surface area contributed by atoms with Crippen LogP contribution >= 0.6 is 11.3 Å². The largest absolute Gasteiger partial charge is 0.296 e. The highest BCUT2D eigenvalue weighted by Gasteiger charge is 2.16. The molecule has 1 amide bonds. The lowest BCUT2D eigenvalue weighted by Gasteiger charge is -1.98. The molecule has 0 aliphatic rings. The Balaban J connectivity index is 1.92. The Morgan fingerprint density at radius 3 is 3.00 bits per heavy atom. The summed E-state index contributed by atoms with van der Waals surface area (Å²) in [5.41, 5.74) is 2.04. The molecule has 0 aliphatic carbocycles. The van der Waals surface area contributed by atoms with E-state index in [9.17, 15) is 4.79 Å². The summed E-state index contributed by atoms with van der Waals surface area (Å²) in [5.74, 6) is -0.284. The standard InChI is InChI=1S/C12H11N5OS/c1-6-7(2)19-12(14-6)15-11(18)10-8-5-13-4-3-9(8)16-17-10/h3-5H,1-2H3,(H,16,17)(H,14,15,18). The van der Waals surface area contributed by atoms with Gasteiger partial charge < -0.3 is 0 Å². The lowest BCUT2D eigenvalue weighted by Crippen LogP contribution is -2.12. The van der Waals surface area contributed by atoms with E-state index in [1.807, 2.05) is 13.8 Å². The molecule has 3 heterocycles. The Morgan fingerprint density at radius 2 is 2.26 bits per heavy atom. The summed E-state index contributed by atoms with van der Waals surface area (Å²) in [6, 6.07) is 1.77. The molecule has 0 saturated carbocycles. The van der Waals surface area contributed by atoms with Crippen LogP contribution in [0.15, 0.2) is 18.5 Å². The lowest BCUT2D eigenvalue weighted by atomic mass is 10.2. The average molecular weight is 273 g/mol. The molecular weight excluding hydrogens is 262 g/mol. The van der Waals surface area contributed by atoms with Crippen molar-refractivity contribution in [2.75, 3.05) is 5.32 Å². The van der Waals surface area contributed by atoms with Crippen molar-refractivity contribution in [3.05, 3.63) is 34.7 Å². The van der Waals surface area contributed by atoms with E-state index in [0.717, 1.165) is 16.1 Å². The second-order valence-electron chi connectivity index (χ2n) is 4.11. The summed E-state index contributed by atoms with van der Waals surface area (Å²) >= 11 is 1.45. The quantitative estimate of drug-likeness (QED) is 0.750. The van der Waals surface area contributed by atoms with Gasteiger partial charge in [0.2, 0.25) is 0 Å². The van der Waals surface area contributed by atoms with E-state index < -0.39 is 0 Å². The number of rotatable bonds is 2. The molecule has 0 unspecified atom stereocenters. The molecule has 3 aromatic rings. The summed E-state index contributed by atoms with van der Waals surface area (Å²) < 4.78 is 0. The Labute approximate surface area is 112 Å². The highest BCUT2D eigenvalue weighted by atomic mass is 32.1. The first-order chi connectivity index (χ1) is 9.15. The number of thiazole rings is 1. The van der Waals surface area contributed by atoms with Crippen LogP contribution in [0.25, 0.3) is 10.9 Å². The van der Waals surface area contributed by atoms with Crippen LogP contribution in [-0.4, -0.2) is 26.1 Å². The molecule has 0 atom stereocenters. The van der Waals surface area contributed by atoms with Crippen molar-refractivity contribution in [1.82, 2.24) is 20.2 Å². The Kier molecular flexibility index (Phi) is 2.75. The minimum Gasteiger partial charge on any atom is -0.296 e. The summed E-state index contributed by atoms with van der Waals surface area (Å²) in [6.45, 7) is 3.88. The van der Waals surface area contributed by atoms with Crippen LogP contribution in [0.3, 0.4) is 0 Å². The van der Waals surface area contributed by atoms with E-state index in [0.29, 0.717) is 16.2 Å². The molecule has 0 aliphatic heterocycles. The van der Waals surface area contributed by atoms with Crippen molar-refractivity contribution < 1.29 is 4.79 Å². The number of anilines is 1. The van der Waals surface area contributed by atoms with Crippen molar-refractivity contribution in [1.29, 1.82) is 0 Å². The van der Waals surface area contributed by atoms with Gasteiger partial charge in [0.25, 0.3) is 5.91 Å². The molecule has 0 bridgehead atoms. The fourth-order valence-electron chi connectivity index (χ4n) is 1.71. The number of H-pyrrole nitrogens is 1. The molecule has 19 heavy (non-hydrogen) atoms. The first-order valence-corrected chi connectivity index (χ1v) is 6.50. The van der Waals surface area contributed by atoms with Crippen LogP contribution < -0.4 is 5.32 Å². The molecule has 2 N–H and O–H groups in total. The third-order valence-electron chi connectivity index (χ3n) is 2.83. The predicted octanol–water partition coefficient (Wildman–Crippen LogP) is 2.28. The number of aryl methyl sites for hydroxylation is 2. The summed E-state index contributed by atoms with van der Waals surface area (Å²) in [4.78, 5) is 21.5. The maximum atomic E-state index is 12.2. The Morgan fingerprint density at radius 1 is 1.42 bits per heavy atom. The minimum atomic E-state index is -0.284. The van der Waals surface area contributed by atoms with Gasteiger partial charge in [-0.2, -0.15) is 5.10 Å². The van der Waals surface area contributed by atoms with Crippen molar-refractivity contribution in [2.45, 2.75) is 13.8 Å². The zero-order chi connectivity index (χ0) is 13.4. The Hall–Kier alpha value is -2.28. The molecule has 0 fully saturated rings. The number of pyridine rings is 1. The highest BCUT2D eigenvalue weighted by molar-refractivity contribution is 7.15. The zero-order valence-electron chi connectivity index (χ0n) is 10.4. The van der Waals surface area contributed by atoms with Crippen molar-refractivity contribution in [3.63, 3.8) is 0 Å². The summed E-state index contributed by atoms with van der Waals surface area (Å²) in [5, 5.41) is 10.9. The predicted molar refractivity (Wildman–Crippen MR) is 73.4 cm³/mol. The van der Waals surface area contributed by atoms with Crippen molar-refractivity contribution in [3.8, 4) is 0 Å². The topological polar surface area (TPSA) is 83.6 Å². The number of carbonyl (C=O) groups is 1. The first-order valence-electron chi connectivity index (χ1n) is 5.68. The van der Waals surface area contributed by atoms with Gasteiger partial charge in [0.05, 0.1) is 16.6 Å². The van der Waals surface area contributed by atoms with Crippen molar-refractivity contribution in [2.24, 2.45) is 0 Å². The van der Waals surface area contributed by atoms with Gasteiger partial charge in [-0.05, 0) is 19.9 Å². The first kappa shape index (κ1) is 11.8. The van der Waals surface area contributed by atoms with Gasteiger partial charge in [-0.3, -0.25) is 20.2 Å². The van der Waals surface area contributed by atoms with E-state index in [-0.39, 0.29) is 5.91 Å². The van der Waals surface area contributed by atoms with Gasteiger partial charge in [0.1, 0.15) is 0 Å². The molecular formula is C12H11N5OS. The number of aromatic amines is 1. The smallest absolute Gasteiger partial charge is 0.278 e. The lowest BCUT2D eigenvalue weighted by molar-refractivity contribution is 0.102. The van der Waals surface area contributed by atoms with Crippen LogP contribution in [0.2, 0.25) is 0 Å². The maximum absolute atomic E-state index is 12.2. The van der Waals surface area contributed by atoms with Crippen molar-refractivity contribution >= 4 is 33.3 Å². The number of amides is 1. The van der Waals surface area contributed by atoms with E-state index in [1.54, 1.807) is 18.5 Å². The van der Waals surface area contributed by atoms with Gasteiger partial charge in [0, 0.05) is 17.3 Å². The van der Waals surface area contributed by atoms with E-state index >= 15 is 0 Å². The van der Waals surface area contributed by atoms with Crippen LogP contribution in [0.1, 0.15) is 21.1 Å². The molecule has 0 aromatic carbocycles. The molecule has 3 aromatic heterocycles. The van der Waals surface area contributed by atoms with Gasteiger partial charge in [-0.15, -0.1) is 11.3 Å². The molecule has 0 radical (unpaired) electrons. The number of nitrogens with one attached hydrogen (secondary N) is 2. The number of carbonyl (C=O) groups excluding carboxylic acids is 1. The van der Waals surface area contributed by atoms with E-state index in [1.165, 1.54) is 11.3 Å². The second kappa shape index (κ2) is 4.43. The van der Waals surface area contributed by atoms with Crippen LogP contribution in [0.4, 0.5) is 5.13 Å².